The molecular formula is C15H29ClN2O. The quantitative estimate of drug-likeness (QED) is 0.835. The Balaban J connectivity index is 0.00000180. The summed E-state index contributed by atoms with van der Waals surface area (Å²) in [6.07, 6.45) is 9.24. The number of hydrogen-bond donors (Lipinski definition) is 2. The summed E-state index contributed by atoms with van der Waals surface area (Å²) >= 11 is 0. The third-order valence-electron chi connectivity index (χ3n) is 5.04. The topological polar surface area (TPSA) is 41.1 Å². The lowest BCUT2D eigenvalue weighted by Crippen LogP contribution is -2.55. The van der Waals surface area contributed by atoms with E-state index in [0.717, 1.165) is 31.7 Å². The van der Waals surface area contributed by atoms with Crippen LogP contribution in [-0.2, 0) is 4.79 Å². The Bertz CT molecular complexity index is 282. The average Bonchev–Trinajstić information content (AvgIpc) is 2.89. The van der Waals surface area contributed by atoms with Gasteiger partial charge in [-0.05, 0) is 57.4 Å². The standard InChI is InChI=1S/C15H28N2O.ClH/c1-3-12-6-8-13(9-7-12)17-14(18)15(4-2)10-5-11-16-15;/h12-13,16H,3-11H2,1-2H3,(H,17,18);1H. The zero-order chi connectivity index (χ0) is 13.0. The predicted molar refractivity (Wildman–Crippen MR) is 81.7 cm³/mol. The first-order valence-corrected chi connectivity index (χ1v) is 7.76. The van der Waals surface area contributed by atoms with Gasteiger partial charge in [0.2, 0.25) is 5.91 Å². The van der Waals surface area contributed by atoms with Gasteiger partial charge >= 0.3 is 0 Å². The molecule has 1 heterocycles. The molecule has 1 aliphatic heterocycles. The molecule has 0 spiro atoms. The van der Waals surface area contributed by atoms with Gasteiger partial charge in [0, 0.05) is 6.04 Å². The first-order chi connectivity index (χ1) is 8.70. The summed E-state index contributed by atoms with van der Waals surface area (Å²) in [5.74, 6) is 1.14. The van der Waals surface area contributed by atoms with Crippen LogP contribution in [-0.4, -0.2) is 24.0 Å². The molecule has 1 amide bonds. The summed E-state index contributed by atoms with van der Waals surface area (Å²) in [5.41, 5.74) is -0.262. The van der Waals surface area contributed by atoms with E-state index >= 15 is 0 Å². The van der Waals surface area contributed by atoms with E-state index in [1.807, 2.05) is 0 Å². The van der Waals surface area contributed by atoms with E-state index in [1.54, 1.807) is 0 Å². The molecule has 1 aliphatic carbocycles. The Labute approximate surface area is 123 Å². The van der Waals surface area contributed by atoms with Gasteiger partial charge in [0.15, 0.2) is 0 Å². The van der Waals surface area contributed by atoms with Crippen LogP contribution in [0.25, 0.3) is 0 Å². The Morgan fingerprint density at radius 1 is 1.26 bits per heavy atom. The fraction of sp³-hybridized carbons (Fsp3) is 0.933. The highest BCUT2D eigenvalue weighted by Gasteiger charge is 2.40. The number of halogens is 1. The molecule has 3 nitrogen and oxygen atoms in total. The van der Waals surface area contributed by atoms with E-state index < -0.39 is 0 Å². The second-order valence-electron chi connectivity index (χ2n) is 6.07. The lowest BCUT2D eigenvalue weighted by atomic mass is 9.84. The van der Waals surface area contributed by atoms with Gasteiger partial charge in [-0.25, -0.2) is 0 Å². The van der Waals surface area contributed by atoms with E-state index in [4.69, 9.17) is 0 Å². The van der Waals surface area contributed by atoms with Crippen molar-refractivity contribution >= 4 is 18.3 Å². The summed E-state index contributed by atoms with van der Waals surface area (Å²) in [5, 5.41) is 6.71. The maximum Gasteiger partial charge on any atom is 0.240 e. The van der Waals surface area contributed by atoms with E-state index in [-0.39, 0.29) is 23.9 Å². The Morgan fingerprint density at radius 2 is 1.95 bits per heavy atom. The summed E-state index contributed by atoms with van der Waals surface area (Å²) < 4.78 is 0. The van der Waals surface area contributed by atoms with Gasteiger partial charge < -0.3 is 10.6 Å². The monoisotopic (exact) mass is 288 g/mol. The molecule has 4 heteroatoms. The highest BCUT2D eigenvalue weighted by Crippen LogP contribution is 2.28. The average molecular weight is 289 g/mol. The van der Waals surface area contributed by atoms with Crippen LogP contribution < -0.4 is 10.6 Å². The number of rotatable bonds is 4. The molecule has 0 bridgehead atoms. The van der Waals surface area contributed by atoms with Crippen LogP contribution in [0.3, 0.4) is 0 Å². The van der Waals surface area contributed by atoms with Crippen molar-refractivity contribution in [3.05, 3.63) is 0 Å². The van der Waals surface area contributed by atoms with Crippen molar-refractivity contribution in [3.63, 3.8) is 0 Å². The Morgan fingerprint density at radius 3 is 2.42 bits per heavy atom. The molecule has 2 aliphatic rings. The summed E-state index contributed by atoms with van der Waals surface area (Å²) in [4.78, 5) is 12.4. The van der Waals surface area contributed by atoms with E-state index in [9.17, 15) is 4.79 Å². The molecule has 0 aromatic rings. The minimum Gasteiger partial charge on any atom is -0.352 e. The highest BCUT2D eigenvalue weighted by molar-refractivity contribution is 5.86. The molecule has 1 saturated carbocycles. The Kier molecular flexibility index (Phi) is 6.61. The minimum absolute atomic E-state index is 0. The zero-order valence-electron chi connectivity index (χ0n) is 12.3. The maximum absolute atomic E-state index is 12.4. The predicted octanol–water partition coefficient (Wildman–Crippen LogP) is 3.03. The van der Waals surface area contributed by atoms with Crippen molar-refractivity contribution in [1.29, 1.82) is 0 Å². The molecule has 0 radical (unpaired) electrons. The molecule has 112 valence electrons. The fourth-order valence-electron chi connectivity index (χ4n) is 3.50. The summed E-state index contributed by atoms with van der Waals surface area (Å²) in [6, 6.07) is 0.422. The van der Waals surface area contributed by atoms with Gasteiger partial charge in [0.25, 0.3) is 0 Å². The maximum atomic E-state index is 12.4. The van der Waals surface area contributed by atoms with Crippen LogP contribution in [0, 0.1) is 5.92 Å². The fourth-order valence-corrected chi connectivity index (χ4v) is 3.50. The summed E-state index contributed by atoms with van der Waals surface area (Å²) in [7, 11) is 0. The first-order valence-electron chi connectivity index (χ1n) is 7.76. The highest BCUT2D eigenvalue weighted by atomic mass is 35.5. The van der Waals surface area contributed by atoms with Gasteiger partial charge in [-0.2, -0.15) is 0 Å². The van der Waals surface area contributed by atoms with Crippen molar-refractivity contribution < 1.29 is 4.79 Å². The zero-order valence-corrected chi connectivity index (χ0v) is 13.2. The molecule has 2 fully saturated rings. The van der Waals surface area contributed by atoms with Crippen molar-refractivity contribution in [2.24, 2.45) is 5.92 Å². The first kappa shape index (κ1) is 16.8. The lowest BCUT2D eigenvalue weighted by molar-refractivity contribution is -0.128. The molecular weight excluding hydrogens is 260 g/mol. The molecule has 1 unspecified atom stereocenters. The van der Waals surface area contributed by atoms with Gasteiger partial charge in [-0.1, -0.05) is 20.3 Å². The number of carbonyl (C=O) groups is 1. The molecule has 1 saturated heterocycles. The van der Waals surface area contributed by atoms with E-state index in [2.05, 4.69) is 24.5 Å². The van der Waals surface area contributed by atoms with Gasteiger partial charge in [-0.15, -0.1) is 12.4 Å². The number of amides is 1. The molecule has 0 aromatic heterocycles. The lowest BCUT2D eigenvalue weighted by Gasteiger charge is -2.33. The number of carbonyl (C=O) groups excluding carboxylic acids is 1. The normalized spacial score (nSPS) is 34.6. The largest absolute Gasteiger partial charge is 0.352 e. The molecule has 19 heavy (non-hydrogen) atoms. The molecule has 2 rings (SSSR count). The number of hydrogen-bond acceptors (Lipinski definition) is 2. The van der Waals surface area contributed by atoms with Crippen LogP contribution in [0.4, 0.5) is 0 Å². The second-order valence-corrected chi connectivity index (χ2v) is 6.07. The third-order valence-corrected chi connectivity index (χ3v) is 5.04. The summed E-state index contributed by atoms with van der Waals surface area (Å²) in [6.45, 7) is 5.38. The van der Waals surface area contributed by atoms with Crippen molar-refractivity contribution in [3.8, 4) is 0 Å². The smallest absolute Gasteiger partial charge is 0.240 e. The SMILES string of the molecule is CCC1CCC(NC(=O)C2(CC)CCCN2)CC1.Cl. The van der Waals surface area contributed by atoms with Crippen molar-refractivity contribution in [2.75, 3.05) is 6.54 Å². The Hall–Kier alpha value is -0.280. The minimum atomic E-state index is -0.262. The van der Waals surface area contributed by atoms with Gasteiger partial charge in [0.05, 0.1) is 5.54 Å². The molecule has 1 atom stereocenters. The van der Waals surface area contributed by atoms with E-state index in [1.165, 1.54) is 32.1 Å². The number of nitrogens with one attached hydrogen (secondary N) is 2. The van der Waals surface area contributed by atoms with E-state index in [0.29, 0.717) is 6.04 Å². The van der Waals surface area contributed by atoms with Gasteiger partial charge in [0.1, 0.15) is 0 Å². The van der Waals surface area contributed by atoms with Crippen LogP contribution in [0.1, 0.15) is 65.2 Å². The van der Waals surface area contributed by atoms with Crippen molar-refractivity contribution in [2.45, 2.75) is 76.8 Å². The van der Waals surface area contributed by atoms with Crippen LogP contribution in [0.15, 0.2) is 0 Å². The van der Waals surface area contributed by atoms with Crippen LogP contribution >= 0.6 is 12.4 Å². The van der Waals surface area contributed by atoms with Crippen LogP contribution in [0.5, 0.6) is 0 Å². The van der Waals surface area contributed by atoms with Crippen LogP contribution in [0.2, 0.25) is 0 Å². The molecule has 0 aromatic carbocycles. The second kappa shape index (κ2) is 7.49. The van der Waals surface area contributed by atoms with Crippen molar-refractivity contribution in [1.82, 2.24) is 10.6 Å². The third kappa shape index (κ3) is 3.85. The van der Waals surface area contributed by atoms with Gasteiger partial charge in [-0.3, -0.25) is 4.79 Å². The molecule has 2 N–H and O–H groups in total.